The summed E-state index contributed by atoms with van der Waals surface area (Å²) in [6, 6.07) is 22.0. The van der Waals surface area contributed by atoms with Crippen molar-refractivity contribution in [2.45, 2.75) is 341 Å². The maximum absolute atomic E-state index is 15.9. The lowest BCUT2D eigenvalue weighted by atomic mass is 9.97. The molecule has 630 valence electrons. The minimum atomic E-state index is -5.18. The van der Waals surface area contributed by atoms with Gasteiger partial charge in [-0.05, 0) is 82.2 Å². The van der Waals surface area contributed by atoms with Gasteiger partial charge in [0.25, 0.3) is 0 Å². The molecule has 3 aromatic rings. The zero-order valence-electron chi connectivity index (χ0n) is 66.2. The Hall–Kier alpha value is -4.55. The Labute approximate surface area is 690 Å². The molecule has 1 aliphatic heterocycles. The normalized spacial score (nSPS) is 16.8. The van der Waals surface area contributed by atoms with E-state index in [2.05, 4.69) is 43.8 Å². The van der Waals surface area contributed by atoms with Gasteiger partial charge < -0.3 is 57.6 Å². The van der Waals surface area contributed by atoms with Crippen LogP contribution < -0.4 is 25.2 Å². The quantitative estimate of drug-likeness (QED) is 0.0118. The third-order valence-electron chi connectivity index (χ3n) is 18.6. The summed E-state index contributed by atoms with van der Waals surface area (Å²) in [5.74, 6) is -2.27. The summed E-state index contributed by atoms with van der Waals surface area (Å²) in [4.78, 5) is 91.6. The number of unbranched alkanes of at least 4 members (excludes halogenated alkanes) is 26. The van der Waals surface area contributed by atoms with E-state index >= 15 is 4.57 Å². The van der Waals surface area contributed by atoms with E-state index in [4.69, 9.17) is 126 Å². The average molecular weight is 1700 g/mol. The number of hydrogen-bond donors (Lipinski definition) is 3. The molecule has 8 atom stereocenters. The Balaban J connectivity index is 1.89. The van der Waals surface area contributed by atoms with E-state index < -0.39 is 132 Å². The number of rotatable bonds is 61. The minimum absolute atomic E-state index is 0.0245. The van der Waals surface area contributed by atoms with Crippen molar-refractivity contribution in [2.24, 2.45) is 0 Å². The number of benzene rings is 3. The molecule has 4 rings (SSSR count). The number of ether oxygens (including phenoxy) is 8. The molecule has 111 heavy (non-hydrogen) atoms. The maximum Gasteiger partial charge on any atom is 0.588 e. The van der Waals surface area contributed by atoms with Crippen LogP contribution in [0.4, 0.5) is 9.59 Å². The lowest BCUT2D eigenvalue weighted by molar-refractivity contribution is -0.282. The number of carbonyl (C=O) groups excluding carboxylic acids is 6. The van der Waals surface area contributed by atoms with Crippen molar-refractivity contribution >= 4 is 113 Å². The molecule has 22 nitrogen and oxygen atoms in total. The lowest BCUT2D eigenvalue weighted by Crippen LogP contribution is -2.67. The van der Waals surface area contributed by atoms with Crippen LogP contribution in [0.5, 0.6) is 11.5 Å². The molecule has 0 bridgehead atoms. The van der Waals surface area contributed by atoms with E-state index in [-0.39, 0.29) is 44.0 Å². The van der Waals surface area contributed by atoms with Crippen LogP contribution in [0.25, 0.3) is 0 Å². The number of amides is 3. The lowest BCUT2D eigenvalue weighted by Gasteiger charge is -2.45. The van der Waals surface area contributed by atoms with E-state index in [9.17, 15) is 28.8 Å². The van der Waals surface area contributed by atoms with Crippen LogP contribution in [0.2, 0.25) is 0 Å². The standard InChI is InChI=1S/C82H126Cl6N3O19P/c1-7-11-15-19-23-25-27-29-38-52-67(103-72(94)54-44-31-21-17-13-9-3)56-70(92)89-64(59-99-58-63-46-36-33-37-47-63)60-100-77-74(90-78(96)102-62-81(83,84)85)76(107-91-71(93)57-68(53-39-30-28-26-24-20-16-12-8-2)104-73(95)55-45-32-22-18-14-10-4)75(69(105-77)61-101-79(97)106-80(5,6)82(86,87)88)110-111(98,108-65-48-40-34-41-49-65)109-66-50-42-35-43-51-66/h33-37,40-43,46-51,64,67-69,74-77H,7-32,38-39,44-45,52-62H2,1-6H3,(H,89,92)(H,90,96)(H,91,93)/t64-,67+,68+,69+,74+,75+,76+,77?/m0/s1. The molecule has 3 N–H and O–H groups in total. The second-order valence-electron chi connectivity index (χ2n) is 29.0. The van der Waals surface area contributed by atoms with Gasteiger partial charge in [-0.3, -0.25) is 28.5 Å². The van der Waals surface area contributed by atoms with E-state index in [1.807, 2.05) is 30.3 Å². The summed E-state index contributed by atoms with van der Waals surface area (Å²) < 4.78 is 79.0. The van der Waals surface area contributed by atoms with E-state index in [0.717, 1.165) is 140 Å². The number of carbonyl (C=O) groups is 6. The average Bonchev–Trinajstić information content (AvgIpc) is 0.772. The van der Waals surface area contributed by atoms with Crippen molar-refractivity contribution in [2.75, 3.05) is 26.4 Å². The Morgan fingerprint density at radius 1 is 0.523 bits per heavy atom. The first-order chi connectivity index (χ1) is 53.2. The molecule has 0 aromatic heterocycles. The highest BCUT2D eigenvalue weighted by Crippen LogP contribution is 2.53. The van der Waals surface area contributed by atoms with Crippen molar-refractivity contribution in [1.29, 1.82) is 0 Å². The summed E-state index contributed by atoms with van der Waals surface area (Å²) in [7, 11) is -5.18. The summed E-state index contributed by atoms with van der Waals surface area (Å²) in [6.07, 6.45) is 18.4. The second-order valence-corrected chi connectivity index (χ2v) is 35.3. The number of halogens is 6. The van der Waals surface area contributed by atoms with Crippen LogP contribution in [0.3, 0.4) is 0 Å². The van der Waals surface area contributed by atoms with Crippen molar-refractivity contribution in [3.63, 3.8) is 0 Å². The van der Waals surface area contributed by atoms with Crippen molar-refractivity contribution in [1.82, 2.24) is 16.1 Å². The van der Waals surface area contributed by atoms with E-state index in [1.165, 1.54) is 70.2 Å². The molecule has 3 amide bonds. The highest BCUT2D eigenvalue weighted by Gasteiger charge is 2.55. The molecule has 1 fully saturated rings. The molecule has 0 aliphatic carbocycles. The SMILES string of the molecule is CCCCCCCCCCC[C@H](CC(=O)NO[C@H]1[C@H](OP(=O)(Oc2ccccc2)Oc2ccccc2)[C@@H](COC(=O)OC(C)(C)C(Cl)(Cl)Cl)OC(OC[C@H](COCc2ccccc2)NC(=O)C[C@@H](CCCCCCCCCCC)OC(=O)CCCCCCCC)[C@@H]1NC(=O)OCC(Cl)(Cl)Cl)OC(=O)CCCCCCCC. The van der Waals surface area contributed by atoms with E-state index in [0.29, 0.717) is 38.5 Å². The van der Waals surface area contributed by atoms with Gasteiger partial charge in [0.05, 0.1) is 38.7 Å². The van der Waals surface area contributed by atoms with Gasteiger partial charge in [-0.2, -0.15) is 0 Å². The van der Waals surface area contributed by atoms with E-state index in [1.54, 1.807) is 36.4 Å². The number of esters is 2. The highest BCUT2D eigenvalue weighted by molar-refractivity contribution is 7.49. The number of hydroxylamine groups is 1. The first-order valence-electron chi connectivity index (χ1n) is 40.5. The minimum Gasteiger partial charge on any atom is -0.462 e. The second kappa shape index (κ2) is 57.5. The van der Waals surface area contributed by atoms with Crippen LogP contribution in [0.15, 0.2) is 91.0 Å². The summed E-state index contributed by atoms with van der Waals surface area (Å²) >= 11 is 37.2. The fraction of sp³-hybridized carbons (Fsp3) is 0.707. The van der Waals surface area contributed by atoms with Crippen LogP contribution in [0, 0.1) is 0 Å². The fourth-order valence-corrected chi connectivity index (χ4v) is 14.0. The predicted octanol–water partition coefficient (Wildman–Crippen LogP) is 22.2. The molecule has 0 radical (unpaired) electrons. The van der Waals surface area contributed by atoms with Crippen molar-refractivity contribution < 1.29 is 89.6 Å². The molecule has 1 heterocycles. The van der Waals surface area contributed by atoms with Crippen LogP contribution in [0.1, 0.15) is 278 Å². The molecule has 1 unspecified atom stereocenters. The van der Waals surface area contributed by atoms with Crippen molar-refractivity contribution in [3.05, 3.63) is 96.6 Å². The van der Waals surface area contributed by atoms with Gasteiger partial charge in [0.1, 0.15) is 61.3 Å². The Bertz CT molecular complexity index is 3010. The molecule has 29 heteroatoms. The number of para-hydroxylation sites is 2. The Morgan fingerprint density at radius 3 is 1.41 bits per heavy atom. The molecule has 0 spiro atoms. The molecule has 1 saturated heterocycles. The molecule has 1 aliphatic rings. The molecule has 3 aromatic carbocycles. The Morgan fingerprint density at radius 2 is 0.955 bits per heavy atom. The number of alkyl halides is 6. The summed E-state index contributed by atoms with van der Waals surface area (Å²) in [5.41, 5.74) is 1.44. The van der Waals surface area contributed by atoms with Gasteiger partial charge in [-0.1, -0.05) is 331 Å². The zero-order valence-corrected chi connectivity index (χ0v) is 71.7. The Kier molecular flexibility index (Phi) is 51.2. The molecular weight excluding hydrogens is 1570 g/mol. The monoisotopic (exact) mass is 1700 g/mol. The van der Waals surface area contributed by atoms with Gasteiger partial charge in [0.2, 0.25) is 19.4 Å². The molecule has 0 saturated carbocycles. The molecular formula is C82H126Cl6N3O19P. The summed E-state index contributed by atoms with van der Waals surface area (Å²) in [6.45, 7) is 8.88. The van der Waals surface area contributed by atoms with Gasteiger partial charge in [-0.15, -0.1) is 0 Å². The number of alkyl carbamates (subject to hydrolysis) is 1. The third-order valence-corrected chi connectivity index (χ3v) is 21.6. The summed E-state index contributed by atoms with van der Waals surface area (Å²) in [5, 5.41) is 5.67. The smallest absolute Gasteiger partial charge is 0.462 e. The van der Waals surface area contributed by atoms with Crippen LogP contribution in [-0.2, 0) is 77.6 Å². The number of nitrogens with one attached hydrogen (secondary N) is 3. The predicted molar refractivity (Wildman–Crippen MR) is 436 cm³/mol. The zero-order chi connectivity index (χ0) is 81.0. The van der Waals surface area contributed by atoms with Crippen molar-refractivity contribution in [3.8, 4) is 11.5 Å². The number of phosphoric ester groups is 1. The first kappa shape index (κ1) is 98.8. The topological polar surface area (TPSA) is 266 Å². The largest absolute Gasteiger partial charge is 0.588 e. The van der Waals surface area contributed by atoms with Gasteiger partial charge in [0.15, 0.2) is 11.9 Å². The van der Waals surface area contributed by atoms with Gasteiger partial charge >= 0.3 is 32.0 Å². The van der Waals surface area contributed by atoms with Crippen LogP contribution >= 0.6 is 77.4 Å². The first-order valence-corrected chi connectivity index (χ1v) is 44.2. The van der Waals surface area contributed by atoms with Gasteiger partial charge in [0, 0.05) is 12.8 Å². The third kappa shape index (κ3) is 45.5. The fourth-order valence-electron chi connectivity index (χ4n) is 12.3. The van der Waals surface area contributed by atoms with Crippen LogP contribution in [-0.4, -0.2) is 125 Å². The number of phosphoric acid groups is 1. The van der Waals surface area contributed by atoms with Gasteiger partial charge in [-0.25, -0.2) is 19.6 Å². The maximum atomic E-state index is 15.9. The highest BCUT2D eigenvalue weighted by atomic mass is 35.6. The number of hydrogen-bond acceptors (Lipinski definition) is 19.